The number of halogens is 3. The van der Waals surface area contributed by atoms with E-state index in [1.807, 2.05) is 0 Å². The third kappa shape index (κ3) is 3.66. The van der Waals surface area contributed by atoms with Gasteiger partial charge in [-0.3, -0.25) is 0 Å². The Kier molecular flexibility index (Phi) is 4.87. The quantitative estimate of drug-likeness (QED) is 0.496. The first kappa shape index (κ1) is 13.8. The van der Waals surface area contributed by atoms with E-state index in [-0.39, 0.29) is 0 Å². The summed E-state index contributed by atoms with van der Waals surface area (Å²) < 4.78 is 2.28. The van der Waals surface area contributed by atoms with Gasteiger partial charge >= 0.3 is 0 Å². The Balaban J connectivity index is 2.14. The summed E-state index contributed by atoms with van der Waals surface area (Å²) in [6.07, 6.45) is 1.01. The van der Waals surface area contributed by atoms with Crippen molar-refractivity contribution in [3.8, 4) is 0 Å². The molecule has 1 aromatic heterocycles. The van der Waals surface area contributed by atoms with Crippen molar-refractivity contribution in [1.29, 1.82) is 0 Å². The molecule has 2 aromatic rings. The Morgan fingerprint density at radius 1 is 1.24 bits per heavy atom. The lowest BCUT2D eigenvalue weighted by Crippen LogP contribution is -1.93. The normalized spacial score (nSPS) is 12.7. The number of benzene rings is 1. The number of aryl methyl sites for hydroxylation is 1. The van der Waals surface area contributed by atoms with Crippen molar-refractivity contribution in [2.75, 3.05) is 0 Å². The van der Waals surface area contributed by atoms with Crippen LogP contribution in [-0.4, -0.2) is 0 Å². The molecule has 0 saturated carbocycles. The minimum absolute atomic E-state index is 0.372. The molecule has 0 spiro atoms. The molecular formula is C13H11Br3S. The first-order chi connectivity index (χ1) is 8.06. The van der Waals surface area contributed by atoms with Crippen LogP contribution in [0.4, 0.5) is 0 Å². The van der Waals surface area contributed by atoms with Crippen LogP contribution in [0.15, 0.2) is 38.6 Å². The van der Waals surface area contributed by atoms with E-state index >= 15 is 0 Å². The standard InChI is InChI=1S/C13H11Br3S/c1-8-3-2-4-9(5-8)6-10(14)12-7-11(15)13(16)17-12/h2-5,7,10H,6H2,1H3. The molecule has 0 radical (unpaired) electrons. The summed E-state index contributed by atoms with van der Waals surface area (Å²) in [5, 5.41) is 0. The van der Waals surface area contributed by atoms with Gasteiger partial charge in [-0.05, 0) is 56.8 Å². The maximum atomic E-state index is 3.76. The maximum Gasteiger partial charge on any atom is 0.0843 e. The highest BCUT2D eigenvalue weighted by atomic mass is 79.9. The van der Waals surface area contributed by atoms with E-state index in [0.717, 1.165) is 14.7 Å². The molecule has 1 atom stereocenters. The van der Waals surface area contributed by atoms with Crippen molar-refractivity contribution in [2.24, 2.45) is 0 Å². The first-order valence-corrected chi connectivity index (χ1v) is 8.52. The van der Waals surface area contributed by atoms with Crippen LogP contribution in [0.2, 0.25) is 0 Å². The molecule has 90 valence electrons. The van der Waals surface area contributed by atoms with Crippen LogP contribution in [-0.2, 0) is 6.42 Å². The summed E-state index contributed by atoms with van der Waals surface area (Å²) in [4.78, 5) is 1.71. The van der Waals surface area contributed by atoms with E-state index < -0.39 is 0 Å². The molecule has 2 rings (SSSR count). The molecule has 0 fully saturated rings. The monoisotopic (exact) mass is 436 g/mol. The van der Waals surface area contributed by atoms with Gasteiger partial charge in [-0.15, -0.1) is 11.3 Å². The molecular weight excluding hydrogens is 428 g/mol. The molecule has 0 N–H and O–H groups in total. The highest BCUT2D eigenvalue weighted by molar-refractivity contribution is 9.13. The third-order valence-electron chi connectivity index (χ3n) is 2.47. The molecule has 1 heterocycles. The second kappa shape index (κ2) is 6.00. The molecule has 4 heteroatoms. The van der Waals surface area contributed by atoms with Gasteiger partial charge in [0.15, 0.2) is 0 Å². The number of rotatable bonds is 3. The number of hydrogen-bond donors (Lipinski definition) is 0. The maximum absolute atomic E-state index is 3.76. The van der Waals surface area contributed by atoms with Gasteiger partial charge in [0.2, 0.25) is 0 Å². The SMILES string of the molecule is Cc1cccc(CC(Br)c2cc(Br)c(Br)s2)c1. The van der Waals surface area contributed by atoms with Gasteiger partial charge in [0.05, 0.1) is 8.61 Å². The summed E-state index contributed by atoms with van der Waals surface area (Å²) in [7, 11) is 0. The first-order valence-electron chi connectivity index (χ1n) is 5.20. The van der Waals surface area contributed by atoms with Crippen LogP contribution in [0.5, 0.6) is 0 Å². The Hall–Kier alpha value is 0.360. The largest absolute Gasteiger partial charge is 0.131 e. The minimum atomic E-state index is 0.372. The topological polar surface area (TPSA) is 0 Å². The van der Waals surface area contributed by atoms with Gasteiger partial charge in [0.1, 0.15) is 0 Å². The second-order valence-corrected chi connectivity index (χ2v) is 8.29. The average Bonchev–Trinajstić information content (AvgIpc) is 2.59. The lowest BCUT2D eigenvalue weighted by Gasteiger charge is -2.08. The van der Waals surface area contributed by atoms with Crippen LogP contribution < -0.4 is 0 Å². The molecule has 0 nitrogen and oxygen atoms in total. The lowest BCUT2D eigenvalue weighted by atomic mass is 10.1. The van der Waals surface area contributed by atoms with E-state index in [4.69, 9.17) is 0 Å². The summed E-state index contributed by atoms with van der Waals surface area (Å²) in [6, 6.07) is 10.8. The smallest absolute Gasteiger partial charge is 0.0843 e. The molecule has 0 aliphatic carbocycles. The summed E-state index contributed by atoms with van der Waals surface area (Å²) in [6.45, 7) is 2.13. The van der Waals surface area contributed by atoms with E-state index in [9.17, 15) is 0 Å². The fourth-order valence-corrected chi connectivity index (χ4v) is 4.52. The summed E-state index contributed by atoms with van der Waals surface area (Å²) in [5.41, 5.74) is 2.68. The summed E-state index contributed by atoms with van der Waals surface area (Å²) >= 11 is 12.6. The van der Waals surface area contributed by atoms with Gasteiger partial charge in [-0.1, -0.05) is 45.8 Å². The predicted octanol–water partition coefficient (Wildman–Crippen LogP) is 6.26. The van der Waals surface area contributed by atoms with Crippen molar-refractivity contribution >= 4 is 59.1 Å². The zero-order valence-corrected chi connectivity index (χ0v) is 14.8. The lowest BCUT2D eigenvalue weighted by molar-refractivity contribution is 0.967. The molecule has 0 saturated heterocycles. The molecule has 0 amide bonds. The Bertz CT molecular complexity index is 500. The fourth-order valence-electron chi connectivity index (χ4n) is 1.66. The Morgan fingerprint density at radius 3 is 2.59 bits per heavy atom. The van der Waals surface area contributed by atoms with Gasteiger partial charge < -0.3 is 0 Å². The summed E-state index contributed by atoms with van der Waals surface area (Å²) in [5.74, 6) is 0. The van der Waals surface area contributed by atoms with E-state index in [1.54, 1.807) is 11.3 Å². The Labute approximate surface area is 131 Å². The molecule has 0 aliphatic heterocycles. The van der Waals surface area contributed by atoms with Crippen molar-refractivity contribution in [3.63, 3.8) is 0 Å². The van der Waals surface area contributed by atoms with E-state index in [0.29, 0.717) is 4.83 Å². The number of hydrogen-bond acceptors (Lipinski definition) is 1. The molecule has 17 heavy (non-hydrogen) atoms. The highest BCUT2D eigenvalue weighted by Gasteiger charge is 2.13. The van der Waals surface area contributed by atoms with Crippen LogP contribution >= 0.6 is 59.1 Å². The molecule has 1 aromatic carbocycles. The van der Waals surface area contributed by atoms with Crippen LogP contribution in [0.1, 0.15) is 20.8 Å². The van der Waals surface area contributed by atoms with Crippen molar-refractivity contribution in [2.45, 2.75) is 18.2 Å². The van der Waals surface area contributed by atoms with Crippen molar-refractivity contribution < 1.29 is 0 Å². The molecule has 1 unspecified atom stereocenters. The Morgan fingerprint density at radius 2 is 2.00 bits per heavy atom. The van der Waals surface area contributed by atoms with Crippen LogP contribution in [0.25, 0.3) is 0 Å². The number of thiophene rings is 1. The highest BCUT2D eigenvalue weighted by Crippen LogP contribution is 2.39. The van der Waals surface area contributed by atoms with Crippen molar-refractivity contribution in [1.82, 2.24) is 0 Å². The predicted molar refractivity (Wildman–Crippen MR) is 86.3 cm³/mol. The van der Waals surface area contributed by atoms with Crippen LogP contribution in [0, 0.1) is 6.92 Å². The fraction of sp³-hybridized carbons (Fsp3) is 0.231. The van der Waals surface area contributed by atoms with Crippen LogP contribution in [0.3, 0.4) is 0 Å². The van der Waals surface area contributed by atoms with Gasteiger partial charge in [0, 0.05) is 9.35 Å². The average molecular weight is 439 g/mol. The van der Waals surface area contributed by atoms with E-state index in [1.165, 1.54) is 16.0 Å². The zero-order valence-electron chi connectivity index (χ0n) is 9.21. The van der Waals surface area contributed by atoms with Crippen molar-refractivity contribution in [3.05, 3.63) is 54.6 Å². The van der Waals surface area contributed by atoms with Gasteiger partial charge in [-0.2, -0.15) is 0 Å². The second-order valence-electron chi connectivity index (χ2n) is 3.93. The number of alkyl halides is 1. The van der Waals surface area contributed by atoms with Gasteiger partial charge in [-0.25, -0.2) is 0 Å². The zero-order chi connectivity index (χ0) is 12.4. The molecule has 0 bridgehead atoms. The third-order valence-corrected chi connectivity index (χ3v) is 6.96. The molecule has 0 aliphatic rings. The minimum Gasteiger partial charge on any atom is -0.131 e. The van der Waals surface area contributed by atoms with E-state index in [2.05, 4.69) is 85.0 Å². The van der Waals surface area contributed by atoms with Gasteiger partial charge in [0.25, 0.3) is 0 Å².